The number of amides is 1. The Balaban J connectivity index is 1.56. The van der Waals surface area contributed by atoms with Gasteiger partial charge < -0.3 is 19.8 Å². The Labute approximate surface area is 193 Å². The van der Waals surface area contributed by atoms with Gasteiger partial charge in [0, 0.05) is 48.6 Å². The van der Waals surface area contributed by atoms with Gasteiger partial charge in [-0.25, -0.2) is 0 Å². The van der Waals surface area contributed by atoms with Crippen molar-refractivity contribution in [1.82, 2.24) is 25.3 Å². The molecule has 5 rings (SSSR count). The number of hydrogen-bond donors (Lipinski definition) is 2. The number of likely N-dealkylation sites (tertiary alicyclic amines) is 1. The minimum Gasteiger partial charge on any atom is -0.380 e. The first kappa shape index (κ1) is 21.7. The van der Waals surface area contributed by atoms with Crippen molar-refractivity contribution in [2.75, 3.05) is 26.7 Å². The average Bonchev–Trinajstić information content (AvgIpc) is 3.25. The van der Waals surface area contributed by atoms with Crippen LogP contribution in [0.1, 0.15) is 55.2 Å². The molecule has 2 atom stereocenters. The van der Waals surface area contributed by atoms with Gasteiger partial charge in [-0.15, -0.1) is 0 Å². The van der Waals surface area contributed by atoms with Crippen molar-refractivity contribution in [3.63, 3.8) is 0 Å². The lowest BCUT2D eigenvalue weighted by molar-refractivity contribution is -0.128. The number of hydrogen-bond acceptors (Lipinski definition) is 7. The van der Waals surface area contributed by atoms with E-state index in [0.29, 0.717) is 35.3 Å². The number of aromatic nitrogens is 3. The molecule has 172 valence electrons. The van der Waals surface area contributed by atoms with Crippen molar-refractivity contribution in [2.24, 2.45) is 5.41 Å². The quantitative estimate of drug-likeness (QED) is 0.560. The molecule has 8 heteroatoms. The number of rotatable bonds is 6. The van der Waals surface area contributed by atoms with Crippen LogP contribution in [0.4, 0.5) is 0 Å². The molecule has 2 aliphatic heterocycles. The fourth-order valence-corrected chi connectivity index (χ4v) is 5.09. The van der Waals surface area contributed by atoms with Gasteiger partial charge in [0.25, 0.3) is 0 Å². The minimum absolute atomic E-state index is 0.113. The topological polar surface area (TPSA) is 104 Å². The van der Waals surface area contributed by atoms with Crippen LogP contribution in [-0.4, -0.2) is 57.7 Å². The van der Waals surface area contributed by atoms with Gasteiger partial charge in [0.1, 0.15) is 11.5 Å². The zero-order chi connectivity index (χ0) is 23.4. The largest absolute Gasteiger partial charge is 0.380 e. The van der Waals surface area contributed by atoms with Crippen LogP contribution < -0.4 is 5.32 Å². The van der Waals surface area contributed by atoms with E-state index in [9.17, 15) is 9.90 Å². The molecule has 0 saturated carbocycles. The predicted molar refractivity (Wildman–Crippen MR) is 122 cm³/mol. The lowest BCUT2D eigenvalue weighted by atomic mass is 9.62. The fraction of sp³-hybridized carbons (Fsp3) is 0.440. The van der Waals surface area contributed by atoms with Crippen LogP contribution >= 0.6 is 0 Å². The number of β-lactam (4-membered cyclic amide) rings is 1. The molecular formula is C25H29N5O3. The van der Waals surface area contributed by atoms with Crippen LogP contribution in [0.5, 0.6) is 0 Å². The molecule has 33 heavy (non-hydrogen) atoms. The van der Waals surface area contributed by atoms with E-state index >= 15 is 0 Å². The second-order valence-corrected chi connectivity index (χ2v) is 9.94. The van der Waals surface area contributed by atoms with E-state index in [1.54, 1.807) is 12.4 Å². The van der Waals surface area contributed by atoms with Crippen LogP contribution in [0.2, 0.25) is 0 Å². The normalized spacial score (nSPS) is 21.8. The number of aliphatic hydroxyl groups is 1. The number of carbonyl (C=O) groups is 1. The molecule has 0 radical (unpaired) electrons. The Morgan fingerprint density at radius 3 is 2.52 bits per heavy atom. The lowest BCUT2D eigenvalue weighted by Gasteiger charge is -2.55. The summed E-state index contributed by atoms with van der Waals surface area (Å²) in [4.78, 5) is 22.7. The molecule has 4 heterocycles. The summed E-state index contributed by atoms with van der Waals surface area (Å²) < 4.78 is 5.33. The molecule has 0 spiro atoms. The maximum absolute atomic E-state index is 12.3. The van der Waals surface area contributed by atoms with Crippen molar-refractivity contribution in [1.29, 1.82) is 0 Å². The van der Waals surface area contributed by atoms with Crippen molar-refractivity contribution in [3.05, 3.63) is 65.3 Å². The lowest BCUT2D eigenvalue weighted by Crippen LogP contribution is -2.63. The minimum atomic E-state index is -1.25. The number of carbonyl (C=O) groups excluding carboxylic acids is 1. The van der Waals surface area contributed by atoms with E-state index in [2.05, 4.69) is 65.3 Å². The summed E-state index contributed by atoms with van der Waals surface area (Å²) in [5.41, 5.74) is 1.73. The molecule has 2 fully saturated rings. The summed E-state index contributed by atoms with van der Waals surface area (Å²) in [6, 6.07) is 10.1. The Kier molecular flexibility index (Phi) is 5.10. The van der Waals surface area contributed by atoms with Crippen molar-refractivity contribution < 1.29 is 14.4 Å². The monoisotopic (exact) mass is 447 g/mol. The first-order chi connectivity index (χ1) is 15.7. The molecule has 0 bridgehead atoms. The SMILES string of the molecule is CC(C)c1ccc(C(O)(c2cncc(-c3noc([C@@H]4CNC4=O)n3)c2)C2(C)CN(C)C2)cc1. The molecule has 3 aromatic rings. The molecule has 8 nitrogen and oxygen atoms in total. The van der Waals surface area contributed by atoms with E-state index in [1.165, 1.54) is 5.56 Å². The van der Waals surface area contributed by atoms with Crippen LogP contribution in [0.25, 0.3) is 11.4 Å². The van der Waals surface area contributed by atoms with Crippen LogP contribution in [0.15, 0.2) is 47.2 Å². The fourth-order valence-electron chi connectivity index (χ4n) is 5.09. The van der Waals surface area contributed by atoms with E-state index in [0.717, 1.165) is 18.7 Å². The number of benzene rings is 1. The summed E-state index contributed by atoms with van der Waals surface area (Å²) in [6.45, 7) is 8.42. The second kappa shape index (κ2) is 7.74. The third kappa shape index (κ3) is 3.45. The van der Waals surface area contributed by atoms with Gasteiger partial charge >= 0.3 is 0 Å². The molecule has 1 amide bonds. The molecule has 1 unspecified atom stereocenters. The third-order valence-corrected chi connectivity index (χ3v) is 7.06. The Hall–Kier alpha value is -3.10. The van der Waals surface area contributed by atoms with Gasteiger partial charge in [-0.3, -0.25) is 9.78 Å². The van der Waals surface area contributed by atoms with Gasteiger partial charge in [0.05, 0.1) is 0 Å². The highest BCUT2D eigenvalue weighted by Gasteiger charge is 2.55. The zero-order valence-electron chi connectivity index (χ0n) is 19.4. The smallest absolute Gasteiger partial charge is 0.241 e. The zero-order valence-corrected chi connectivity index (χ0v) is 19.4. The summed E-state index contributed by atoms with van der Waals surface area (Å²) in [6.07, 6.45) is 3.36. The highest BCUT2D eigenvalue weighted by molar-refractivity contribution is 5.88. The molecule has 2 saturated heterocycles. The molecule has 2 N–H and O–H groups in total. The van der Waals surface area contributed by atoms with Crippen molar-refractivity contribution >= 4 is 5.91 Å². The number of pyridine rings is 1. The van der Waals surface area contributed by atoms with E-state index in [4.69, 9.17) is 4.52 Å². The maximum atomic E-state index is 12.3. The Morgan fingerprint density at radius 2 is 1.94 bits per heavy atom. The van der Waals surface area contributed by atoms with Gasteiger partial charge in [-0.05, 0) is 30.2 Å². The predicted octanol–water partition coefficient (Wildman–Crippen LogP) is 2.66. The standard InChI is InChI=1S/C25H29N5O3/c1-15(2)16-5-7-18(8-6-16)25(32,24(3)13-30(4)14-24)19-9-17(10-26-11-19)21-28-23(33-29-21)20-12-27-22(20)31/h5-11,15,20,32H,12-14H2,1-4H3,(H,27,31)/t20-,25?/m1/s1. The molecule has 1 aromatic carbocycles. The summed E-state index contributed by atoms with van der Waals surface area (Å²) >= 11 is 0. The van der Waals surface area contributed by atoms with Crippen LogP contribution in [0.3, 0.4) is 0 Å². The summed E-state index contributed by atoms with van der Waals surface area (Å²) in [5, 5.41) is 19.1. The highest BCUT2D eigenvalue weighted by atomic mass is 16.5. The van der Waals surface area contributed by atoms with Crippen LogP contribution in [-0.2, 0) is 10.4 Å². The third-order valence-electron chi connectivity index (χ3n) is 7.06. The molecule has 2 aliphatic rings. The van der Waals surface area contributed by atoms with Crippen LogP contribution in [0, 0.1) is 5.41 Å². The molecule has 2 aromatic heterocycles. The average molecular weight is 448 g/mol. The number of nitrogens with zero attached hydrogens (tertiary/aromatic N) is 4. The summed E-state index contributed by atoms with van der Waals surface area (Å²) in [7, 11) is 2.05. The van der Waals surface area contributed by atoms with Crippen molar-refractivity contribution in [3.8, 4) is 11.4 Å². The van der Waals surface area contributed by atoms with Gasteiger partial charge in [0.15, 0.2) is 0 Å². The van der Waals surface area contributed by atoms with E-state index < -0.39 is 16.9 Å². The van der Waals surface area contributed by atoms with Gasteiger partial charge in [-0.1, -0.05) is 50.2 Å². The molecular weight excluding hydrogens is 418 g/mol. The van der Waals surface area contributed by atoms with E-state index in [1.807, 2.05) is 18.2 Å². The molecule has 0 aliphatic carbocycles. The van der Waals surface area contributed by atoms with Gasteiger partial charge in [0.2, 0.25) is 17.6 Å². The van der Waals surface area contributed by atoms with E-state index in [-0.39, 0.29) is 5.91 Å². The maximum Gasteiger partial charge on any atom is 0.241 e. The Morgan fingerprint density at radius 1 is 1.21 bits per heavy atom. The highest BCUT2D eigenvalue weighted by Crippen LogP contribution is 2.50. The first-order valence-corrected chi connectivity index (χ1v) is 11.3. The second-order valence-electron chi connectivity index (χ2n) is 9.94. The van der Waals surface area contributed by atoms with Crippen molar-refractivity contribution in [2.45, 2.75) is 38.2 Å². The Bertz CT molecular complexity index is 1180. The first-order valence-electron chi connectivity index (χ1n) is 11.3. The number of nitrogens with one attached hydrogen (secondary N) is 1. The summed E-state index contributed by atoms with van der Waals surface area (Å²) in [5.74, 6) is 0.549. The van der Waals surface area contributed by atoms with Gasteiger partial charge in [-0.2, -0.15) is 4.98 Å².